The maximum Gasteiger partial charge on any atom is 0.248 e. The fourth-order valence-corrected chi connectivity index (χ4v) is 3.32. The number of aryl methyl sites for hydroxylation is 1. The smallest absolute Gasteiger partial charge is 0.248 e. The molecule has 0 aromatic carbocycles. The number of amides is 1. The van der Waals surface area contributed by atoms with E-state index in [1.807, 2.05) is 6.92 Å². The van der Waals surface area contributed by atoms with E-state index < -0.39 is 10.0 Å². The van der Waals surface area contributed by atoms with Crippen molar-refractivity contribution in [1.29, 1.82) is 0 Å². The second-order valence-corrected chi connectivity index (χ2v) is 7.78. The van der Waals surface area contributed by atoms with Crippen LogP contribution in [0.15, 0.2) is 0 Å². The largest absolute Gasteiger partial charge is 0.371 e. The van der Waals surface area contributed by atoms with E-state index in [2.05, 4.69) is 10.3 Å². The number of carbonyl (C=O) groups is 1. The van der Waals surface area contributed by atoms with E-state index in [0.717, 1.165) is 5.69 Å². The number of hydrogen-bond acceptors (Lipinski definition) is 6. The summed E-state index contributed by atoms with van der Waals surface area (Å²) in [5.41, 5.74) is 1.54. The third-order valence-electron chi connectivity index (χ3n) is 3.80. The molecule has 0 radical (unpaired) electrons. The molecule has 23 heavy (non-hydrogen) atoms. The number of carbonyl (C=O) groups excluding carboxylic acids is 1. The molecule has 0 fully saturated rings. The molecule has 1 aliphatic rings. The second-order valence-electron chi connectivity index (χ2n) is 5.79. The minimum atomic E-state index is -3.33. The lowest BCUT2D eigenvalue weighted by Crippen LogP contribution is -2.40. The highest BCUT2D eigenvalue weighted by Crippen LogP contribution is 2.28. The molecule has 1 aromatic rings. The topological polar surface area (TPSA) is 97.6 Å². The molecule has 1 aliphatic heterocycles. The molecule has 2 rings (SSSR count). The summed E-state index contributed by atoms with van der Waals surface area (Å²) >= 11 is 0. The summed E-state index contributed by atoms with van der Waals surface area (Å²) in [5.74, 6) is -0.332. The molecule has 0 saturated heterocycles. The van der Waals surface area contributed by atoms with Gasteiger partial charge in [-0.25, -0.2) is 13.1 Å². The number of fused-ring (bicyclic) bond motifs is 1. The zero-order chi connectivity index (χ0) is 17.2. The average Bonchev–Trinajstić information content (AvgIpc) is 2.89. The number of hydrogen-bond donors (Lipinski definition) is 0. The van der Waals surface area contributed by atoms with Crippen molar-refractivity contribution in [2.75, 3.05) is 40.1 Å². The first-order chi connectivity index (χ1) is 10.7. The van der Waals surface area contributed by atoms with E-state index in [4.69, 9.17) is 4.74 Å². The molecule has 0 aliphatic carbocycles. The summed E-state index contributed by atoms with van der Waals surface area (Å²) in [5, 5.41) is 8.16. The molecule has 130 valence electrons. The molecular formula is C13H23N5O4S. The summed E-state index contributed by atoms with van der Waals surface area (Å²) < 4.78 is 32.3. The summed E-state index contributed by atoms with van der Waals surface area (Å²) in [6.45, 7) is 3.33. The lowest BCUT2D eigenvalue weighted by Gasteiger charge is -2.30. The molecule has 1 atom stereocenters. The van der Waals surface area contributed by atoms with Crippen LogP contribution in [0, 0.1) is 0 Å². The predicted octanol–water partition coefficient (Wildman–Crippen LogP) is -0.738. The van der Waals surface area contributed by atoms with Crippen molar-refractivity contribution in [2.24, 2.45) is 0 Å². The van der Waals surface area contributed by atoms with Gasteiger partial charge in [0.15, 0.2) is 0 Å². The number of nitrogens with zero attached hydrogens (tertiary/aromatic N) is 5. The maximum absolute atomic E-state index is 11.9. The van der Waals surface area contributed by atoms with E-state index >= 15 is 0 Å². The van der Waals surface area contributed by atoms with Crippen molar-refractivity contribution < 1.29 is 17.9 Å². The van der Waals surface area contributed by atoms with Gasteiger partial charge in [0.05, 0.1) is 25.1 Å². The van der Waals surface area contributed by atoms with E-state index in [-0.39, 0.29) is 31.6 Å². The fraction of sp³-hybridized carbons (Fsp3) is 0.769. The van der Waals surface area contributed by atoms with Gasteiger partial charge in [-0.3, -0.25) is 4.79 Å². The molecule has 0 N–H and O–H groups in total. The van der Waals surface area contributed by atoms with Crippen LogP contribution in [0.5, 0.6) is 0 Å². The Morgan fingerprint density at radius 3 is 2.70 bits per heavy atom. The highest BCUT2D eigenvalue weighted by atomic mass is 32.2. The lowest BCUT2D eigenvalue weighted by atomic mass is 10.0. The fourth-order valence-electron chi connectivity index (χ4n) is 2.51. The standard InChI is InChI=1S/C13H23N5O4S/c1-5-18-13-10(8-22-9-12(19)16(2)3)6-17(23(4,20)21)7-11(13)14-15-18/h10H,5-9H2,1-4H3. The van der Waals surface area contributed by atoms with Crippen molar-refractivity contribution in [2.45, 2.75) is 25.9 Å². The molecule has 9 nitrogen and oxygen atoms in total. The molecule has 1 amide bonds. The Labute approximate surface area is 136 Å². The third kappa shape index (κ3) is 4.06. The van der Waals surface area contributed by atoms with Gasteiger partial charge in [-0.15, -0.1) is 5.10 Å². The van der Waals surface area contributed by atoms with E-state index in [1.54, 1.807) is 18.8 Å². The quantitative estimate of drug-likeness (QED) is 0.674. The predicted molar refractivity (Wildman–Crippen MR) is 83.2 cm³/mol. The van der Waals surface area contributed by atoms with Gasteiger partial charge >= 0.3 is 0 Å². The van der Waals surface area contributed by atoms with Crippen LogP contribution in [0.2, 0.25) is 0 Å². The van der Waals surface area contributed by atoms with Crippen LogP contribution in [0.25, 0.3) is 0 Å². The van der Waals surface area contributed by atoms with Crippen LogP contribution in [-0.4, -0.2) is 78.6 Å². The van der Waals surface area contributed by atoms with Gasteiger partial charge in [0.25, 0.3) is 0 Å². The van der Waals surface area contributed by atoms with Crippen LogP contribution in [0.3, 0.4) is 0 Å². The van der Waals surface area contributed by atoms with Crippen molar-refractivity contribution in [3.8, 4) is 0 Å². The summed E-state index contributed by atoms with van der Waals surface area (Å²) in [6, 6.07) is 0. The van der Waals surface area contributed by atoms with Gasteiger partial charge in [-0.2, -0.15) is 4.31 Å². The van der Waals surface area contributed by atoms with Gasteiger partial charge in [-0.05, 0) is 6.92 Å². The van der Waals surface area contributed by atoms with E-state index in [0.29, 0.717) is 18.8 Å². The summed E-state index contributed by atoms with van der Waals surface area (Å²) in [7, 11) is -0.0110. The van der Waals surface area contributed by atoms with Gasteiger partial charge in [-0.1, -0.05) is 5.21 Å². The Balaban J connectivity index is 2.16. The first kappa shape index (κ1) is 17.8. The van der Waals surface area contributed by atoms with Gasteiger partial charge in [0, 0.05) is 33.1 Å². The monoisotopic (exact) mass is 345 g/mol. The van der Waals surface area contributed by atoms with Crippen molar-refractivity contribution in [3.63, 3.8) is 0 Å². The number of aromatic nitrogens is 3. The molecular weight excluding hydrogens is 322 g/mol. The zero-order valence-corrected chi connectivity index (χ0v) is 14.7. The molecule has 1 unspecified atom stereocenters. The van der Waals surface area contributed by atoms with Crippen LogP contribution < -0.4 is 0 Å². The Hall–Kier alpha value is -1.52. The molecule has 2 heterocycles. The number of likely N-dealkylation sites (N-methyl/N-ethyl adjacent to an activating group) is 1. The van der Waals surface area contributed by atoms with Crippen LogP contribution in [0.4, 0.5) is 0 Å². The Morgan fingerprint density at radius 1 is 1.43 bits per heavy atom. The Kier molecular flexibility index (Phi) is 5.37. The van der Waals surface area contributed by atoms with Gasteiger partial charge < -0.3 is 9.64 Å². The van der Waals surface area contributed by atoms with Crippen LogP contribution in [-0.2, 0) is 32.6 Å². The SMILES string of the molecule is CCn1nnc2c1C(COCC(=O)N(C)C)CN(S(C)(=O)=O)C2. The molecule has 0 bridgehead atoms. The number of sulfonamides is 1. The highest BCUT2D eigenvalue weighted by molar-refractivity contribution is 7.88. The minimum absolute atomic E-state index is 0.0363. The normalized spacial score (nSPS) is 18.7. The third-order valence-corrected chi connectivity index (χ3v) is 5.01. The van der Waals surface area contributed by atoms with Crippen molar-refractivity contribution in [1.82, 2.24) is 24.2 Å². The van der Waals surface area contributed by atoms with Crippen LogP contribution >= 0.6 is 0 Å². The van der Waals surface area contributed by atoms with Crippen molar-refractivity contribution in [3.05, 3.63) is 11.4 Å². The van der Waals surface area contributed by atoms with Gasteiger partial charge in [0.1, 0.15) is 12.3 Å². The molecule has 1 aromatic heterocycles. The Morgan fingerprint density at radius 2 is 2.13 bits per heavy atom. The molecule has 0 spiro atoms. The first-order valence-electron chi connectivity index (χ1n) is 7.39. The average molecular weight is 345 g/mol. The van der Waals surface area contributed by atoms with Gasteiger partial charge in [0.2, 0.25) is 15.9 Å². The second kappa shape index (κ2) is 6.93. The van der Waals surface area contributed by atoms with E-state index in [1.165, 1.54) is 15.5 Å². The Bertz CT molecular complexity index is 670. The molecule has 10 heteroatoms. The summed E-state index contributed by atoms with van der Waals surface area (Å²) in [6.07, 6.45) is 1.18. The maximum atomic E-state index is 11.9. The summed E-state index contributed by atoms with van der Waals surface area (Å²) in [4.78, 5) is 13.0. The number of rotatable bonds is 6. The number of ether oxygens (including phenoxy) is 1. The van der Waals surface area contributed by atoms with Crippen molar-refractivity contribution >= 4 is 15.9 Å². The molecule has 0 saturated carbocycles. The minimum Gasteiger partial charge on any atom is -0.371 e. The highest BCUT2D eigenvalue weighted by Gasteiger charge is 2.34. The van der Waals surface area contributed by atoms with Crippen LogP contribution in [0.1, 0.15) is 24.2 Å². The first-order valence-corrected chi connectivity index (χ1v) is 9.24. The zero-order valence-electron chi connectivity index (χ0n) is 13.9. The lowest BCUT2D eigenvalue weighted by molar-refractivity contribution is -0.133. The van der Waals surface area contributed by atoms with E-state index in [9.17, 15) is 13.2 Å².